The molecule has 2 aromatic carbocycles. The largest absolute Gasteiger partial charge is 0.494 e. The summed E-state index contributed by atoms with van der Waals surface area (Å²) in [5, 5.41) is 1.60. The molecule has 0 unspecified atom stereocenters. The first kappa shape index (κ1) is 18.2. The van der Waals surface area contributed by atoms with Gasteiger partial charge in [-0.25, -0.2) is 0 Å². The Labute approximate surface area is 154 Å². The average molecular weight is 350 g/mol. The molecule has 2 N–H and O–H groups in total. The Bertz CT molecular complexity index is 959. The Balaban J connectivity index is 2.43. The molecule has 0 radical (unpaired) electrons. The van der Waals surface area contributed by atoms with Crippen molar-refractivity contribution in [2.45, 2.75) is 33.9 Å². The van der Waals surface area contributed by atoms with Gasteiger partial charge in [-0.05, 0) is 36.6 Å². The van der Waals surface area contributed by atoms with Crippen LogP contribution in [-0.4, -0.2) is 11.2 Å². The molecular formula is C22H26N2O2. The predicted molar refractivity (Wildman–Crippen MR) is 108 cm³/mol. The second-order valence-corrected chi connectivity index (χ2v) is 6.84. The number of ether oxygens (including phenoxy) is 1. The minimum absolute atomic E-state index is 0.0110. The maximum atomic E-state index is 13.2. The first-order valence-corrected chi connectivity index (χ1v) is 9.14. The molecule has 0 saturated heterocycles. The minimum Gasteiger partial charge on any atom is -0.494 e. The Kier molecular flexibility index (Phi) is 5.43. The van der Waals surface area contributed by atoms with Gasteiger partial charge in [-0.3, -0.25) is 4.79 Å². The van der Waals surface area contributed by atoms with E-state index in [2.05, 4.69) is 26.0 Å². The fraction of sp³-hybridized carbons (Fsp3) is 0.318. The van der Waals surface area contributed by atoms with Crippen molar-refractivity contribution in [3.05, 3.63) is 64.6 Å². The summed E-state index contributed by atoms with van der Waals surface area (Å²) in [5.74, 6) is 1.11. The molecule has 4 heteroatoms. The van der Waals surface area contributed by atoms with Gasteiger partial charge in [0.25, 0.3) is 5.56 Å². The molecule has 0 amide bonds. The monoisotopic (exact) mass is 350 g/mol. The van der Waals surface area contributed by atoms with Crippen LogP contribution in [0.15, 0.2) is 53.3 Å². The second kappa shape index (κ2) is 7.75. The second-order valence-electron chi connectivity index (χ2n) is 6.84. The van der Waals surface area contributed by atoms with Gasteiger partial charge in [0, 0.05) is 35.1 Å². The molecule has 0 aliphatic heterocycles. The van der Waals surface area contributed by atoms with E-state index in [1.807, 2.05) is 47.9 Å². The Morgan fingerprint density at radius 3 is 2.42 bits per heavy atom. The van der Waals surface area contributed by atoms with Gasteiger partial charge in [0.2, 0.25) is 0 Å². The number of aromatic nitrogens is 1. The number of nitrogens with zero attached hydrogens (tertiary/aromatic N) is 1. The number of pyridine rings is 1. The molecule has 0 atom stereocenters. The lowest BCUT2D eigenvalue weighted by Gasteiger charge is -2.21. The van der Waals surface area contributed by atoms with Crippen LogP contribution in [0.4, 0.5) is 0 Å². The number of rotatable bonds is 6. The smallest absolute Gasteiger partial charge is 0.258 e. The lowest BCUT2D eigenvalue weighted by atomic mass is 9.96. The molecule has 0 fully saturated rings. The van der Waals surface area contributed by atoms with Crippen molar-refractivity contribution in [3.8, 4) is 16.9 Å². The maximum absolute atomic E-state index is 13.2. The van der Waals surface area contributed by atoms with E-state index < -0.39 is 0 Å². The highest BCUT2D eigenvalue weighted by atomic mass is 16.5. The molecule has 0 aliphatic rings. The van der Waals surface area contributed by atoms with E-state index >= 15 is 0 Å². The number of hydrogen-bond acceptors (Lipinski definition) is 3. The van der Waals surface area contributed by atoms with E-state index in [4.69, 9.17) is 10.5 Å². The summed E-state index contributed by atoms with van der Waals surface area (Å²) >= 11 is 0. The third kappa shape index (κ3) is 3.37. The highest BCUT2D eigenvalue weighted by molar-refractivity contribution is 5.98. The van der Waals surface area contributed by atoms with Gasteiger partial charge in [-0.15, -0.1) is 0 Å². The number of nitrogens with two attached hydrogens (primary N) is 1. The van der Waals surface area contributed by atoms with Crippen LogP contribution in [0, 0.1) is 5.92 Å². The quantitative estimate of drug-likeness (QED) is 0.725. The standard InChI is InChI=1S/C22H26N2O2/c1-4-26-17-10-11-18-19(12-17)21(16-8-6-5-7-9-16)20(13-23)24(22(18)25)14-15(2)3/h5-12,15H,4,13-14,23H2,1-3H3. The molecule has 0 saturated carbocycles. The van der Waals surface area contributed by atoms with E-state index in [1.165, 1.54) is 0 Å². The summed E-state index contributed by atoms with van der Waals surface area (Å²) in [5.41, 5.74) is 9.09. The number of fused-ring (bicyclic) bond motifs is 1. The zero-order valence-electron chi connectivity index (χ0n) is 15.7. The van der Waals surface area contributed by atoms with Gasteiger partial charge >= 0.3 is 0 Å². The van der Waals surface area contributed by atoms with Crippen LogP contribution in [0.2, 0.25) is 0 Å². The van der Waals surface area contributed by atoms with Gasteiger partial charge in [-0.1, -0.05) is 44.2 Å². The molecule has 0 bridgehead atoms. The maximum Gasteiger partial charge on any atom is 0.258 e. The Morgan fingerprint density at radius 1 is 1.08 bits per heavy atom. The van der Waals surface area contributed by atoms with Crippen molar-refractivity contribution in [3.63, 3.8) is 0 Å². The van der Waals surface area contributed by atoms with Gasteiger partial charge in [0.05, 0.1) is 6.61 Å². The highest BCUT2D eigenvalue weighted by Gasteiger charge is 2.18. The SMILES string of the molecule is CCOc1ccc2c(=O)n(CC(C)C)c(CN)c(-c3ccccc3)c2c1. The summed E-state index contributed by atoms with van der Waals surface area (Å²) in [7, 11) is 0. The van der Waals surface area contributed by atoms with E-state index in [-0.39, 0.29) is 5.56 Å². The molecule has 3 rings (SSSR count). The zero-order valence-corrected chi connectivity index (χ0v) is 15.7. The summed E-state index contributed by atoms with van der Waals surface area (Å²) in [4.78, 5) is 13.2. The molecule has 0 spiro atoms. The van der Waals surface area contributed by atoms with Crippen molar-refractivity contribution < 1.29 is 4.74 Å². The summed E-state index contributed by atoms with van der Waals surface area (Å²) in [6, 6.07) is 15.8. The minimum atomic E-state index is 0.0110. The van der Waals surface area contributed by atoms with Crippen LogP contribution < -0.4 is 16.0 Å². The fourth-order valence-electron chi connectivity index (χ4n) is 3.43. The van der Waals surface area contributed by atoms with Crippen molar-refractivity contribution in [2.75, 3.05) is 6.61 Å². The van der Waals surface area contributed by atoms with Gasteiger partial charge in [0.15, 0.2) is 0 Å². The van der Waals surface area contributed by atoms with Crippen LogP contribution in [0.1, 0.15) is 26.5 Å². The Morgan fingerprint density at radius 2 is 1.81 bits per heavy atom. The Hall–Kier alpha value is -2.59. The zero-order chi connectivity index (χ0) is 18.7. The van der Waals surface area contributed by atoms with E-state index in [1.54, 1.807) is 0 Å². The van der Waals surface area contributed by atoms with Crippen LogP contribution >= 0.6 is 0 Å². The third-order valence-corrected chi connectivity index (χ3v) is 4.46. The van der Waals surface area contributed by atoms with Crippen molar-refractivity contribution in [1.29, 1.82) is 0 Å². The fourth-order valence-corrected chi connectivity index (χ4v) is 3.43. The molecule has 1 aromatic heterocycles. The lowest BCUT2D eigenvalue weighted by molar-refractivity contribution is 0.340. The lowest BCUT2D eigenvalue weighted by Crippen LogP contribution is -2.28. The average Bonchev–Trinajstić information content (AvgIpc) is 2.64. The number of hydrogen-bond donors (Lipinski definition) is 1. The van der Waals surface area contributed by atoms with Crippen molar-refractivity contribution >= 4 is 10.8 Å². The first-order valence-electron chi connectivity index (χ1n) is 9.14. The molecule has 0 aliphatic carbocycles. The first-order chi connectivity index (χ1) is 12.6. The summed E-state index contributed by atoms with van der Waals surface area (Å²) in [6.07, 6.45) is 0. The van der Waals surface area contributed by atoms with Gasteiger partial charge in [-0.2, -0.15) is 0 Å². The molecule has 3 aromatic rings. The molecular weight excluding hydrogens is 324 g/mol. The van der Waals surface area contributed by atoms with Gasteiger partial charge in [0.1, 0.15) is 5.75 Å². The van der Waals surface area contributed by atoms with Gasteiger partial charge < -0.3 is 15.0 Å². The third-order valence-electron chi connectivity index (χ3n) is 4.46. The predicted octanol–water partition coefficient (Wildman–Crippen LogP) is 4.18. The summed E-state index contributed by atoms with van der Waals surface area (Å²) < 4.78 is 7.52. The van der Waals surface area contributed by atoms with Crippen LogP contribution in [0.3, 0.4) is 0 Å². The van der Waals surface area contributed by atoms with Crippen LogP contribution in [0.25, 0.3) is 21.9 Å². The summed E-state index contributed by atoms with van der Waals surface area (Å²) in [6.45, 7) is 7.71. The van der Waals surface area contributed by atoms with Crippen LogP contribution in [0.5, 0.6) is 5.75 Å². The molecule has 136 valence electrons. The topological polar surface area (TPSA) is 57.2 Å². The highest BCUT2D eigenvalue weighted by Crippen LogP contribution is 2.33. The van der Waals surface area contributed by atoms with Crippen LogP contribution in [-0.2, 0) is 13.1 Å². The van der Waals surface area contributed by atoms with E-state index in [0.717, 1.165) is 28.0 Å². The molecule has 26 heavy (non-hydrogen) atoms. The normalized spacial score (nSPS) is 11.3. The molecule has 1 heterocycles. The van der Waals surface area contributed by atoms with Crippen molar-refractivity contribution in [1.82, 2.24) is 4.57 Å². The van der Waals surface area contributed by atoms with Crippen molar-refractivity contribution in [2.24, 2.45) is 11.7 Å². The van der Waals surface area contributed by atoms with E-state index in [0.29, 0.717) is 31.0 Å². The molecule has 4 nitrogen and oxygen atoms in total. The number of benzene rings is 2. The van der Waals surface area contributed by atoms with E-state index in [9.17, 15) is 4.79 Å².